The summed E-state index contributed by atoms with van der Waals surface area (Å²) in [6.45, 7) is 8.20. The first-order chi connectivity index (χ1) is 9.19. The summed E-state index contributed by atoms with van der Waals surface area (Å²) in [6.07, 6.45) is 0. The monoisotopic (exact) mass is 255 g/mol. The molecule has 0 amide bonds. The summed E-state index contributed by atoms with van der Waals surface area (Å²) in [5, 5.41) is 3.31. The Morgan fingerprint density at radius 1 is 0.895 bits per heavy atom. The summed E-state index contributed by atoms with van der Waals surface area (Å²) in [7, 11) is 0. The number of nitrogens with one attached hydrogen (secondary N) is 1. The average Bonchev–Trinajstić information content (AvgIpc) is 2.42. The van der Waals surface area contributed by atoms with Crippen LogP contribution in [0.4, 0.5) is 0 Å². The van der Waals surface area contributed by atoms with Crippen LogP contribution in [-0.2, 0) is 6.54 Å². The van der Waals surface area contributed by atoms with Gasteiger partial charge in [-0.15, -0.1) is 0 Å². The lowest BCUT2D eigenvalue weighted by atomic mass is 10.1. The number of benzene rings is 2. The molecule has 19 heavy (non-hydrogen) atoms. The minimum atomic E-state index is 0.878. The second-order valence-corrected chi connectivity index (χ2v) is 4.77. The van der Waals surface area contributed by atoms with Crippen molar-refractivity contribution in [2.24, 2.45) is 0 Å². The van der Waals surface area contributed by atoms with Gasteiger partial charge in [0.05, 0.1) is 0 Å². The standard InChI is InChI=1S/C17H21NO/c1-4-18-12-15-6-9-16(10-7-15)19-17-8-5-13(2)14(3)11-17/h5-11,18H,4,12H2,1-3H3. The van der Waals surface area contributed by atoms with Gasteiger partial charge in [-0.25, -0.2) is 0 Å². The molecular weight excluding hydrogens is 234 g/mol. The lowest BCUT2D eigenvalue weighted by Gasteiger charge is -2.09. The van der Waals surface area contributed by atoms with Crippen LogP contribution in [0.25, 0.3) is 0 Å². The molecular formula is C17H21NO. The number of ether oxygens (including phenoxy) is 1. The van der Waals surface area contributed by atoms with Crippen molar-refractivity contribution in [3.63, 3.8) is 0 Å². The van der Waals surface area contributed by atoms with Crippen LogP contribution in [0.1, 0.15) is 23.6 Å². The topological polar surface area (TPSA) is 21.3 Å². The Kier molecular flexibility index (Phi) is 4.58. The third kappa shape index (κ3) is 3.83. The van der Waals surface area contributed by atoms with Crippen molar-refractivity contribution in [1.29, 1.82) is 0 Å². The zero-order valence-electron chi connectivity index (χ0n) is 11.9. The predicted octanol–water partition coefficient (Wildman–Crippen LogP) is 4.21. The molecule has 2 aromatic carbocycles. The predicted molar refractivity (Wildman–Crippen MR) is 79.8 cm³/mol. The van der Waals surface area contributed by atoms with Gasteiger partial charge < -0.3 is 10.1 Å². The quantitative estimate of drug-likeness (QED) is 0.864. The lowest BCUT2D eigenvalue weighted by molar-refractivity contribution is 0.482. The van der Waals surface area contributed by atoms with Gasteiger partial charge in [0.2, 0.25) is 0 Å². The van der Waals surface area contributed by atoms with Crippen molar-refractivity contribution in [3.05, 3.63) is 59.2 Å². The van der Waals surface area contributed by atoms with Crippen molar-refractivity contribution >= 4 is 0 Å². The second-order valence-electron chi connectivity index (χ2n) is 4.77. The van der Waals surface area contributed by atoms with E-state index >= 15 is 0 Å². The Bertz CT molecular complexity index is 531. The molecule has 0 bridgehead atoms. The minimum Gasteiger partial charge on any atom is -0.457 e. The Morgan fingerprint density at radius 2 is 1.58 bits per heavy atom. The molecule has 2 heteroatoms. The molecule has 0 aliphatic carbocycles. The molecule has 0 saturated heterocycles. The summed E-state index contributed by atoms with van der Waals surface area (Å²) in [4.78, 5) is 0. The minimum absolute atomic E-state index is 0.878. The largest absolute Gasteiger partial charge is 0.457 e. The SMILES string of the molecule is CCNCc1ccc(Oc2ccc(C)c(C)c2)cc1. The number of rotatable bonds is 5. The van der Waals surface area contributed by atoms with Gasteiger partial charge in [-0.1, -0.05) is 25.1 Å². The molecule has 0 atom stereocenters. The molecule has 0 aliphatic heterocycles. The van der Waals surface area contributed by atoms with E-state index in [1.807, 2.05) is 18.2 Å². The number of hydrogen-bond acceptors (Lipinski definition) is 2. The molecule has 0 saturated carbocycles. The van der Waals surface area contributed by atoms with Crippen LogP contribution in [0.5, 0.6) is 11.5 Å². The number of aryl methyl sites for hydroxylation is 2. The van der Waals surface area contributed by atoms with Crippen molar-refractivity contribution in [1.82, 2.24) is 5.32 Å². The van der Waals surface area contributed by atoms with Crippen LogP contribution >= 0.6 is 0 Å². The summed E-state index contributed by atoms with van der Waals surface area (Å²) in [5.74, 6) is 1.77. The Balaban J connectivity index is 2.04. The van der Waals surface area contributed by atoms with Gasteiger partial charge >= 0.3 is 0 Å². The van der Waals surface area contributed by atoms with Gasteiger partial charge in [-0.05, 0) is 61.3 Å². The zero-order valence-corrected chi connectivity index (χ0v) is 11.9. The second kappa shape index (κ2) is 6.39. The van der Waals surface area contributed by atoms with E-state index in [-0.39, 0.29) is 0 Å². The van der Waals surface area contributed by atoms with E-state index in [0.717, 1.165) is 24.6 Å². The van der Waals surface area contributed by atoms with E-state index in [9.17, 15) is 0 Å². The third-order valence-corrected chi connectivity index (χ3v) is 3.22. The maximum Gasteiger partial charge on any atom is 0.127 e. The smallest absolute Gasteiger partial charge is 0.127 e. The van der Waals surface area contributed by atoms with Gasteiger partial charge in [-0.3, -0.25) is 0 Å². The molecule has 1 N–H and O–H groups in total. The van der Waals surface area contributed by atoms with E-state index in [1.54, 1.807) is 0 Å². The fraction of sp³-hybridized carbons (Fsp3) is 0.294. The maximum atomic E-state index is 5.85. The van der Waals surface area contributed by atoms with Crippen LogP contribution in [0, 0.1) is 13.8 Å². The van der Waals surface area contributed by atoms with Crippen LogP contribution in [-0.4, -0.2) is 6.54 Å². The van der Waals surface area contributed by atoms with Crippen molar-refractivity contribution < 1.29 is 4.74 Å². The molecule has 0 aliphatic rings. The summed E-state index contributed by atoms with van der Waals surface area (Å²) >= 11 is 0. The molecule has 2 aromatic rings. The summed E-state index contributed by atoms with van der Waals surface area (Å²) in [5.41, 5.74) is 3.81. The van der Waals surface area contributed by atoms with Crippen LogP contribution < -0.4 is 10.1 Å². The Morgan fingerprint density at radius 3 is 2.21 bits per heavy atom. The van der Waals surface area contributed by atoms with Crippen molar-refractivity contribution in [2.75, 3.05) is 6.54 Å². The highest BCUT2D eigenvalue weighted by Crippen LogP contribution is 2.23. The van der Waals surface area contributed by atoms with E-state index in [1.165, 1.54) is 16.7 Å². The van der Waals surface area contributed by atoms with Crippen LogP contribution in [0.15, 0.2) is 42.5 Å². The van der Waals surface area contributed by atoms with Crippen molar-refractivity contribution in [2.45, 2.75) is 27.3 Å². The maximum absolute atomic E-state index is 5.85. The lowest BCUT2D eigenvalue weighted by Crippen LogP contribution is -2.11. The molecule has 2 rings (SSSR count). The Labute approximate surface area is 115 Å². The van der Waals surface area contributed by atoms with Crippen LogP contribution in [0.3, 0.4) is 0 Å². The van der Waals surface area contributed by atoms with Gasteiger partial charge in [-0.2, -0.15) is 0 Å². The first-order valence-electron chi connectivity index (χ1n) is 6.74. The number of hydrogen-bond donors (Lipinski definition) is 1. The normalized spacial score (nSPS) is 10.5. The molecule has 0 unspecified atom stereocenters. The molecule has 0 fully saturated rings. The molecule has 0 spiro atoms. The summed E-state index contributed by atoms with van der Waals surface area (Å²) < 4.78 is 5.85. The average molecular weight is 255 g/mol. The first kappa shape index (κ1) is 13.6. The van der Waals surface area contributed by atoms with Crippen LogP contribution in [0.2, 0.25) is 0 Å². The highest BCUT2D eigenvalue weighted by molar-refractivity contribution is 5.37. The van der Waals surface area contributed by atoms with Gasteiger partial charge in [0.25, 0.3) is 0 Å². The summed E-state index contributed by atoms with van der Waals surface area (Å²) in [6, 6.07) is 14.4. The highest BCUT2D eigenvalue weighted by Gasteiger charge is 2.00. The fourth-order valence-corrected chi connectivity index (χ4v) is 1.86. The third-order valence-electron chi connectivity index (χ3n) is 3.22. The van der Waals surface area contributed by atoms with Gasteiger partial charge in [0, 0.05) is 6.54 Å². The molecule has 0 heterocycles. The highest BCUT2D eigenvalue weighted by atomic mass is 16.5. The molecule has 100 valence electrons. The Hall–Kier alpha value is -1.80. The molecule has 0 radical (unpaired) electrons. The van der Waals surface area contributed by atoms with E-state index < -0.39 is 0 Å². The van der Waals surface area contributed by atoms with E-state index in [0.29, 0.717) is 0 Å². The molecule has 2 nitrogen and oxygen atoms in total. The van der Waals surface area contributed by atoms with E-state index in [4.69, 9.17) is 4.74 Å². The van der Waals surface area contributed by atoms with E-state index in [2.05, 4.69) is 50.4 Å². The first-order valence-corrected chi connectivity index (χ1v) is 6.74. The molecule has 0 aromatic heterocycles. The fourth-order valence-electron chi connectivity index (χ4n) is 1.86. The van der Waals surface area contributed by atoms with Gasteiger partial charge in [0.15, 0.2) is 0 Å². The van der Waals surface area contributed by atoms with Crippen molar-refractivity contribution in [3.8, 4) is 11.5 Å². The zero-order chi connectivity index (χ0) is 13.7. The van der Waals surface area contributed by atoms with Gasteiger partial charge in [0.1, 0.15) is 11.5 Å².